The molecular formula is C14H16N2O4. The van der Waals surface area contributed by atoms with Crippen LogP contribution in [-0.4, -0.2) is 35.7 Å². The number of aliphatic carboxylic acids is 1. The summed E-state index contributed by atoms with van der Waals surface area (Å²) in [6, 6.07) is 5.45. The molecule has 0 aliphatic carbocycles. The maximum absolute atomic E-state index is 12.3. The Morgan fingerprint density at radius 3 is 2.80 bits per heavy atom. The monoisotopic (exact) mass is 276 g/mol. The summed E-state index contributed by atoms with van der Waals surface area (Å²) in [7, 11) is 0. The van der Waals surface area contributed by atoms with Crippen LogP contribution in [0.1, 0.15) is 27.9 Å². The molecular weight excluding hydrogens is 260 g/mol. The molecule has 1 saturated heterocycles. The average Bonchev–Trinajstić information content (AvgIpc) is 3.06. The number of benzene rings is 1. The quantitative estimate of drug-likeness (QED) is 0.737. The lowest BCUT2D eigenvalue weighted by atomic mass is 9.97. The Hall–Kier alpha value is -1.92. The summed E-state index contributed by atoms with van der Waals surface area (Å²) in [5.74, 6) is -1.42. The second kappa shape index (κ2) is 4.88. The van der Waals surface area contributed by atoms with Crippen LogP contribution in [0.2, 0.25) is 0 Å². The summed E-state index contributed by atoms with van der Waals surface area (Å²) in [6.45, 7) is 1.91. The molecule has 0 spiro atoms. The summed E-state index contributed by atoms with van der Waals surface area (Å²) < 4.78 is 5.13. The van der Waals surface area contributed by atoms with Gasteiger partial charge in [-0.2, -0.15) is 0 Å². The Kier molecular flexibility index (Phi) is 3.19. The van der Waals surface area contributed by atoms with Crippen LogP contribution in [0.25, 0.3) is 0 Å². The van der Waals surface area contributed by atoms with Gasteiger partial charge in [0.15, 0.2) is 5.54 Å². The third-order valence-corrected chi connectivity index (χ3v) is 3.88. The summed E-state index contributed by atoms with van der Waals surface area (Å²) in [4.78, 5) is 23.6. The zero-order valence-electron chi connectivity index (χ0n) is 10.9. The van der Waals surface area contributed by atoms with E-state index in [1.165, 1.54) is 5.56 Å². The number of nitrogens with one attached hydrogen (secondary N) is 2. The van der Waals surface area contributed by atoms with Gasteiger partial charge in [-0.1, -0.05) is 6.07 Å². The molecule has 1 unspecified atom stereocenters. The molecule has 0 aromatic heterocycles. The number of carbonyl (C=O) groups is 2. The van der Waals surface area contributed by atoms with Gasteiger partial charge in [-0.15, -0.1) is 0 Å². The van der Waals surface area contributed by atoms with Gasteiger partial charge >= 0.3 is 5.97 Å². The molecule has 1 amide bonds. The number of rotatable bonds is 3. The van der Waals surface area contributed by atoms with Gasteiger partial charge in [-0.3, -0.25) is 4.79 Å². The van der Waals surface area contributed by atoms with Gasteiger partial charge in [-0.05, 0) is 23.3 Å². The summed E-state index contributed by atoms with van der Waals surface area (Å²) in [5, 5.41) is 15.1. The standard InChI is InChI=1S/C14H16N2O4/c17-12(16-14(13(18)19)3-4-20-8-14)9-1-2-10-6-15-7-11(10)5-9/h1-2,5,15H,3-4,6-8H2,(H,16,17)(H,18,19). The molecule has 3 N–H and O–H groups in total. The molecule has 106 valence electrons. The van der Waals surface area contributed by atoms with Crippen LogP contribution in [0, 0.1) is 0 Å². The van der Waals surface area contributed by atoms with E-state index in [0.717, 1.165) is 18.7 Å². The van der Waals surface area contributed by atoms with Gasteiger partial charge in [0, 0.05) is 31.7 Å². The zero-order chi connectivity index (χ0) is 14.2. The molecule has 6 heteroatoms. The average molecular weight is 276 g/mol. The van der Waals surface area contributed by atoms with Crippen molar-refractivity contribution in [3.8, 4) is 0 Å². The number of carboxylic acid groups (broad SMARTS) is 1. The minimum Gasteiger partial charge on any atom is -0.479 e. The topological polar surface area (TPSA) is 87.7 Å². The zero-order valence-corrected chi connectivity index (χ0v) is 10.9. The molecule has 3 rings (SSSR count). The van der Waals surface area contributed by atoms with E-state index in [-0.39, 0.29) is 12.5 Å². The molecule has 0 bridgehead atoms. The van der Waals surface area contributed by atoms with Gasteiger partial charge in [-0.25, -0.2) is 4.79 Å². The highest BCUT2D eigenvalue weighted by Gasteiger charge is 2.44. The first-order valence-electron chi connectivity index (χ1n) is 6.57. The molecule has 2 aliphatic heterocycles. The lowest BCUT2D eigenvalue weighted by molar-refractivity contribution is -0.144. The van der Waals surface area contributed by atoms with Gasteiger partial charge in [0.2, 0.25) is 0 Å². The van der Waals surface area contributed by atoms with Crippen LogP contribution in [0.3, 0.4) is 0 Å². The first-order valence-corrected chi connectivity index (χ1v) is 6.57. The van der Waals surface area contributed by atoms with E-state index in [1.807, 2.05) is 12.1 Å². The largest absolute Gasteiger partial charge is 0.479 e. The molecule has 0 radical (unpaired) electrons. The van der Waals surface area contributed by atoms with Crippen molar-refractivity contribution in [2.24, 2.45) is 0 Å². The van der Waals surface area contributed by atoms with E-state index in [2.05, 4.69) is 10.6 Å². The van der Waals surface area contributed by atoms with Crippen LogP contribution >= 0.6 is 0 Å². The van der Waals surface area contributed by atoms with Gasteiger partial charge in [0.25, 0.3) is 5.91 Å². The van der Waals surface area contributed by atoms with Crippen LogP contribution in [0.5, 0.6) is 0 Å². The third-order valence-electron chi connectivity index (χ3n) is 3.88. The highest BCUT2D eigenvalue weighted by molar-refractivity contribution is 5.98. The van der Waals surface area contributed by atoms with Crippen molar-refractivity contribution in [1.29, 1.82) is 0 Å². The molecule has 1 aromatic rings. The van der Waals surface area contributed by atoms with Crippen molar-refractivity contribution in [3.05, 3.63) is 34.9 Å². The predicted molar refractivity (Wildman–Crippen MR) is 70.3 cm³/mol. The number of hydrogen-bond donors (Lipinski definition) is 3. The highest BCUT2D eigenvalue weighted by Crippen LogP contribution is 2.21. The maximum Gasteiger partial charge on any atom is 0.331 e. The van der Waals surface area contributed by atoms with E-state index in [9.17, 15) is 14.7 Å². The number of carboxylic acids is 1. The number of ether oxygens (including phenoxy) is 1. The normalized spacial score (nSPS) is 24.4. The van der Waals surface area contributed by atoms with Crippen molar-refractivity contribution in [2.45, 2.75) is 25.0 Å². The van der Waals surface area contributed by atoms with E-state index in [1.54, 1.807) is 6.07 Å². The minimum atomic E-state index is -1.30. The van der Waals surface area contributed by atoms with Crippen molar-refractivity contribution in [1.82, 2.24) is 10.6 Å². The van der Waals surface area contributed by atoms with Gasteiger partial charge < -0.3 is 20.5 Å². The minimum absolute atomic E-state index is 0.0145. The summed E-state index contributed by atoms with van der Waals surface area (Å²) in [5.41, 5.74) is 1.46. The lowest BCUT2D eigenvalue weighted by Gasteiger charge is -2.23. The van der Waals surface area contributed by atoms with Crippen molar-refractivity contribution < 1.29 is 19.4 Å². The van der Waals surface area contributed by atoms with Crippen LogP contribution in [0.4, 0.5) is 0 Å². The predicted octanol–water partition coefficient (Wildman–Crippen LogP) is 0.263. The molecule has 1 fully saturated rings. The first kappa shape index (κ1) is 13.1. The first-order chi connectivity index (χ1) is 9.61. The van der Waals surface area contributed by atoms with Crippen molar-refractivity contribution in [3.63, 3.8) is 0 Å². The number of hydrogen-bond acceptors (Lipinski definition) is 4. The Morgan fingerprint density at radius 1 is 1.30 bits per heavy atom. The lowest BCUT2D eigenvalue weighted by Crippen LogP contribution is -2.55. The maximum atomic E-state index is 12.3. The molecule has 6 nitrogen and oxygen atoms in total. The van der Waals surface area contributed by atoms with Gasteiger partial charge in [0.1, 0.15) is 0 Å². The van der Waals surface area contributed by atoms with E-state index in [4.69, 9.17) is 4.74 Å². The molecule has 2 aliphatic rings. The fourth-order valence-corrected chi connectivity index (χ4v) is 2.61. The SMILES string of the molecule is O=C(NC1(C(=O)O)CCOC1)c1ccc2c(c1)CNC2. The fourth-order valence-electron chi connectivity index (χ4n) is 2.61. The Balaban J connectivity index is 1.80. The summed E-state index contributed by atoms with van der Waals surface area (Å²) in [6.07, 6.45) is 0.292. The molecule has 1 atom stereocenters. The molecule has 0 saturated carbocycles. The van der Waals surface area contributed by atoms with Crippen LogP contribution < -0.4 is 10.6 Å². The fraction of sp³-hybridized carbons (Fsp3) is 0.429. The summed E-state index contributed by atoms with van der Waals surface area (Å²) >= 11 is 0. The van der Waals surface area contributed by atoms with E-state index in [0.29, 0.717) is 18.6 Å². The number of carbonyl (C=O) groups excluding carboxylic acids is 1. The molecule has 2 heterocycles. The number of fused-ring (bicyclic) bond motifs is 1. The highest BCUT2D eigenvalue weighted by atomic mass is 16.5. The number of amides is 1. The Morgan fingerprint density at radius 2 is 2.10 bits per heavy atom. The van der Waals surface area contributed by atoms with E-state index >= 15 is 0 Å². The van der Waals surface area contributed by atoms with Gasteiger partial charge in [0.05, 0.1) is 6.61 Å². The Bertz CT molecular complexity index is 564. The smallest absolute Gasteiger partial charge is 0.331 e. The van der Waals surface area contributed by atoms with Crippen molar-refractivity contribution >= 4 is 11.9 Å². The Labute approximate surface area is 116 Å². The second-order valence-electron chi connectivity index (χ2n) is 5.23. The third kappa shape index (κ3) is 2.17. The van der Waals surface area contributed by atoms with Crippen LogP contribution in [-0.2, 0) is 22.6 Å². The van der Waals surface area contributed by atoms with Crippen LogP contribution in [0.15, 0.2) is 18.2 Å². The second-order valence-corrected chi connectivity index (χ2v) is 5.23. The molecule has 1 aromatic carbocycles. The van der Waals surface area contributed by atoms with E-state index < -0.39 is 11.5 Å². The van der Waals surface area contributed by atoms with Crippen molar-refractivity contribution in [2.75, 3.05) is 13.2 Å². The molecule has 20 heavy (non-hydrogen) atoms.